The molecule has 9 nitrogen and oxygen atoms in total. The van der Waals surface area contributed by atoms with E-state index in [-0.39, 0.29) is 17.9 Å². The number of aryl methyl sites for hydroxylation is 1. The number of anilines is 1. The summed E-state index contributed by atoms with van der Waals surface area (Å²) in [5.41, 5.74) is 10.6. The molecular formula is C37H49N3O6. The lowest BCUT2D eigenvalue weighted by Gasteiger charge is -2.39. The second-order valence-electron chi connectivity index (χ2n) is 12.4. The van der Waals surface area contributed by atoms with Crippen LogP contribution in [0.5, 0.6) is 17.2 Å². The van der Waals surface area contributed by atoms with Crippen LogP contribution in [0.15, 0.2) is 66.7 Å². The Morgan fingerprint density at radius 1 is 1.00 bits per heavy atom. The molecule has 5 rings (SSSR count). The third kappa shape index (κ3) is 8.59. The molecule has 1 unspecified atom stereocenters. The highest BCUT2D eigenvalue weighted by atomic mass is 16.6. The Kier molecular flexibility index (Phi) is 11.9. The van der Waals surface area contributed by atoms with Crippen LogP contribution in [-0.4, -0.2) is 70.7 Å². The van der Waals surface area contributed by atoms with E-state index >= 15 is 0 Å². The summed E-state index contributed by atoms with van der Waals surface area (Å²) in [7, 11) is 1.73. The number of hydrogen-bond donors (Lipinski definition) is 2. The van der Waals surface area contributed by atoms with Crippen molar-refractivity contribution in [3.8, 4) is 17.2 Å². The lowest BCUT2D eigenvalue weighted by Crippen LogP contribution is -2.52. The first-order chi connectivity index (χ1) is 22.4. The summed E-state index contributed by atoms with van der Waals surface area (Å²) in [5.74, 6) is 1.79. The molecule has 2 aliphatic heterocycles. The number of rotatable bonds is 14. The first kappa shape index (κ1) is 33.7. The Balaban J connectivity index is 1.33. The largest absolute Gasteiger partial charge is 0.490 e. The van der Waals surface area contributed by atoms with Gasteiger partial charge in [-0.25, -0.2) is 0 Å². The molecule has 3 aromatic carbocycles. The number of nitrogens with two attached hydrogens (primary N) is 1. The second-order valence-corrected chi connectivity index (χ2v) is 12.4. The van der Waals surface area contributed by atoms with E-state index in [1.807, 2.05) is 56.3 Å². The van der Waals surface area contributed by atoms with Crippen molar-refractivity contribution >= 4 is 11.7 Å². The SMILES string of the molecule is CCc1ccc(Oc2ccc(C3[C@@H](OCc4ccc5c(c4)N(CCCOC)CCO5)CNC[C@H]3OC(=O)[C@@H](N)C(C)C)cc2)cc1. The molecule has 0 bridgehead atoms. The van der Waals surface area contributed by atoms with Gasteiger partial charge in [0.15, 0.2) is 0 Å². The van der Waals surface area contributed by atoms with Crippen molar-refractivity contribution in [2.75, 3.05) is 51.4 Å². The first-order valence-electron chi connectivity index (χ1n) is 16.5. The van der Waals surface area contributed by atoms with E-state index in [2.05, 4.69) is 41.4 Å². The van der Waals surface area contributed by atoms with Gasteiger partial charge in [0.2, 0.25) is 0 Å². The van der Waals surface area contributed by atoms with Crippen LogP contribution in [0.1, 0.15) is 49.8 Å². The molecule has 4 atom stereocenters. The molecular weight excluding hydrogens is 582 g/mol. The molecule has 1 fully saturated rings. The van der Waals surface area contributed by atoms with Crippen molar-refractivity contribution in [1.29, 1.82) is 0 Å². The van der Waals surface area contributed by atoms with E-state index in [0.717, 1.165) is 66.6 Å². The van der Waals surface area contributed by atoms with Crippen LogP contribution in [0, 0.1) is 5.92 Å². The third-order valence-corrected chi connectivity index (χ3v) is 8.81. The highest BCUT2D eigenvalue weighted by Crippen LogP contribution is 2.35. The maximum absolute atomic E-state index is 13.0. The smallest absolute Gasteiger partial charge is 0.323 e. The second kappa shape index (κ2) is 16.3. The van der Waals surface area contributed by atoms with Crippen LogP contribution in [-0.2, 0) is 32.0 Å². The number of esters is 1. The predicted octanol–water partition coefficient (Wildman–Crippen LogP) is 5.44. The zero-order valence-corrected chi connectivity index (χ0v) is 27.6. The minimum Gasteiger partial charge on any atom is -0.490 e. The molecule has 3 aromatic rings. The molecule has 0 spiro atoms. The van der Waals surface area contributed by atoms with E-state index in [0.29, 0.717) is 26.3 Å². The van der Waals surface area contributed by atoms with Gasteiger partial charge in [0.05, 0.1) is 24.9 Å². The number of benzene rings is 3. The predicted molar refractivity (Wildman–Crippen MR) is 180 cm³/mol. The summed E-state index contributed by atoms with van der Waals surface area (Å²) < 4.78 is 30.0. The molecule has 0 aromatic heterocycles. The average molecular weight is 632 g/mol. The van der Waals surface area contributed by atoms with Gasteiger partial charge in [-0.1, -0.05) is 51.1 Å². The molecule has 9 heteroatoms. The van der Waals surface area contributed by atoms with Gasteiger partial charge in [-0.3, -0.25) is 4.79 Å². The molecule has 248 valence electrons. The van der Waals surface area contributed by atoms with Gasteiger partial charge in [-0.15, -0.1) is 0 Å². The van der Waals surface area contributed by atoms with E-state index in [9.17, 15) is 4.79 Å². The molecule has 46 heavy (non-hydrogen) atoms. The summed E-state index contributed by atoms with van der Waals surface area (Å²) in [5, 5.41) is 3.43. The van der Waals surface area contributed by atoms with Crippen molar-refractivity contribution in [3.05, 3.63) is 83.4 Å². The van der Waals surface area contributed by atoms with Crippen LogP contribution >= 0.6 is 0 Å². The van der Waals surface area contributed by atoms with Crippen molar-refractivity contribution in [3.63, 3.8) is 0 Å². The molecule has 0 aliphatic carbocycles. The molecule has 3 N–H and O–H groups in total. The Hall–Kier alpha value is -3.63. The third-order valence-electron chi connectivity index (χ3n) is 8.81. The number of fused-ring (bicyclic) bond motifs is 1. The Labute approximate surface area is 273 Å². The molecule has 0 radical (unpaired) electrons. The number of methoxy groups -OCH3 is 1. The normalized spacial score (nSPS) is 20.1. The summed E-state index contributed by atoms with van der Waals surface area (Å²) in [6.07, 6.45) is 1.23. The van der Waals surface area contributed by atoms with Gasteiger partial charge in [0.1, 0.15) is 36.0 Å². The van der Waals surface area contributed by atoms with E-state index in [1.165, 1.54) is 5.56 Å². The number of piperidine rings is 1. The lowest BCUT2D eigenvalue weighted by molar-refractivity contribution is -0.157. The Bertz CT molecular complexity index is 1400. The van der Waals surface area contributed by atoms with Gasteiger partial charge in [-0.05, 0) is 71.8 Å². The highest BCUT2D eigenvalue weighted by molar-refractivity contribution is 5.76. The number of nitrogens with zero attached hydrogens (tertiary/aromatic N) is 1. The Morgan fingerprint density at radius 2 is 1.70 bits per heavy atom. The zero-order valence-electron chi connectivity index (χ0n) is 27.6. The van der Waals surface area contributed by atoms with Crippen molar-refractivity contribution in [1.82, 2.24) is 5.32 Å². The van der Waals surface area contributed by atoms with Crippen LogP contribution in [0.4, 0.5) is 5.69 Å². The number of hydrogen-bond acceptors (Lipinski definition) is 9. The van der Waals surface area contributed by atoms with Crippen LogP contribution in [0.3, 0.4) is 0 Å². The number of nitrogens with one attached hydrogen (secondary N) is 1. The van der Waals surface area contributed by atoms with Crippen molar-refractivity contribution in [2.45, 2.75) is 64.4 Å². The molecule has 1 saturated heterocycles. The van der Waals surface area contributed by atoms with Gasteiger partial charge in [0.25, 0.3) is 0 Å². The van der Waals surface area contributed by atoms with E-state index in [4.69, 9.17) is 29.4 Å². The lowest BCUT2D eigenvalue weighted by atomic mass is 9.85. The monoisotopic (exact) mass is 631 g/mol. The number of carbonyl (C=O) groups is 1. The molecule has 0 saturated carbocycles. The van der Waals surface area contributed by atoms with Crippen molar-refractivity contribution in [2.24, 2.45) is 11.7 Å². The fraction of sp³-hybridized carbons (Fsp3) is 0.486. The summed E-state index contributed by atoms with van der Waals surface area (Å²) in [6, 6.07) is 21.7. The molecule has 0 amide bonds. The first-order valence-corrected chi connectivity index (χ1v) is 16.5. The van der Waals surface area contributed by atoms with Gasteiger partial charge in [-0.2, -0.15) is 0 Å². The maximum Gasteiger partial charge on any atom is 0.323 e. The molecule has 2 heterocycles. The fourth-order valence-corrected chi connectivity index (χ4v) is 6.00. The quantitative estimate of drug-likeness (QED) is 0.178. The van der Waals surface area contributed by atoms with Crippen LogP contribution < -0.4 is 25.4 Å². The topological polar surface area (TPSA) is 105 Å². The maximum atomic E-state index is 13.0. The van der Waals surface area contributed by atoms with E-state index < -0.39 is 18.1 Å². The van der Waals surface area contributed by atoms with Crippen molar-refractivity contribution < 1.29 is 28.5 Å². The summed E-state index contributed by atoms with van der Waals surface area (Å²) in [4.78, 5) is 15.4. The fourth-order valence-electron chi connectivity index (χ4n) is 6.00. The number of ether oxygens (including phenoxy) is 5. The average Bonchev–Trinajstić information content (AvgIpc) is 3.08. The summed E-state index contributed by atoms with van der Waals surface area (Å²) in [6.45, 7) is 10.6. The van der Waals surface area contributed by atoms with Gasteiger partial charge in [0, 0.05) is 39.3 Å². The minimum absolute atomic E-state index is 0.0283. The van der Waals surface area contributed by atoms with Gasteiger partial charge >= 0.3 is 5.97 Å². The Morgan fingerprint density at radius 3 is 2.39 bits per heavy atom. The number of carbonyl (C=O) groups excluding carboxylic acids is 1. The van der Waals surface area contributed by atoms with E-state index in [1.54, 1.807) is 7.11 Å². The summed E-state index contributed by atoms with van der Waals surface area (Å²) >= 11 is 0. The highest BCUT2D eigenvalue weighted by Gasteiger charge is 2.39. The van der Waals surface area contributed by atoms with Crippen LogP contribution in [0.2, 0.25) is 0 Å². The minimum atomic E-state index is -0.693. The standard InChI is InChI=1S/C37H49N3O6/c1-5-26-7-12-29(13-8-26)45-30-14-10-28(11-15-30)35-33(22-39-23-34(35)46-37(41)36(38)25(2)3)44-24-27-9-16-32-31(21-27)40(18-20-43-32)17-6-19-42-4/h7-16,21,25,33-36,39H,5-6,17-20,22-24,38H2,1-4H3/t33-,34+,35?,36-/m0/s1. The van der Waals surface area contributed by atoms with Crippen LogP contribution in [0.25, 0.3) is 0 Å². The van der Waals surface area contributed by atoms with Gasteiger partial charge < -0.3 is 39.6 Å². The zero-order chi connectivity index (χ0) is 32.5. The molecule has 2 aliphatic rings.